The van der Waals surface area contributed by atoms with Crippen molar-refractivity contribution in [2.45, 2.75) is 0 Å². The smallest absolute Gasteiger partial charge is 0.258 e. The van der Waals surface area contributed by atoms with E-state index in [1.54, 1.807) is 30.3 Å². The molecule has 2 heterocycles. The number of anilines is 1. The van der Waals surface area contributed by atoms with Crippen molar-refractivity contribution in [1.29, 1.82) is 0 Å². The number of nitrogens with zero attached hydrogens (tertiary/aromatic N) is 1. The number of pyridine rings is 1. The predicted molar refractivity (Wildman–Crippen MR) is 102 cm³/mol. The van der Waals surface area contributed by atoms with Crippen LogP contribution in [0.3, 0.4) is 0 Å². The molecule has 0 aliphatic heterocycles. The molecule has 6 nitrogen and oxygen atoms in total. The number of benzene rings is 1. The SMILES string of the molecule is NC(=O)c1cccc(Oc2ccc(NC(=O)c3cc(Cl)sc3Cl)cn2)c1. The fourth-order valence-corrected chi connectivity index (χ4v) is 3.50. The molecule has 0 fully saturated rings. The third-order valence-electron chi connectivity index (χ3n) is 3.24. The Hall–Kier alpha value is -2.61. The standard InChI is InChI=1S/C17H11Cl2N3O3S/c18-13-7-12(15(19)26-13)17(24)22-10-4-5-14(21-8-10)25-11-3-1-2-9(6-11)16(20)23/h1-8H,(H2,20,23)(H,22,24). The van der Waals surface area contributed by atoms with E-state index in [2.05, 4.69) is 10.3 Å². The number of amides is 2. The van der Waals surface area contributed by atoms with Crippen LogP contribution in [-0.2, 0) is 0 Å². The normalized spacial score (nSPS) is 10.4. The average Bonchev–Trinajstić information content (AvgIpc) is 2.95. The molecule has 3 aromatic rings. The maximum Gasteiger partial charge on any atom is 0.258 e. The molecule has 0 spiro atoms. The lowest BCUT2D eigenvalue weighted by atomic mass is 10.2. The summed E-state index contributed by atoms with van der Waals surface area (Å²) in [5, 5.41) is 2.67. The summed E-state index contributed by atoms with van der Waals surface area (Å²) in [7, 11) is 0. The molecule has 0 saturated heterocycles. The summed E-state index contributed by atoms with van der Waals surface area (Å²) in [5.41, 5.74) is 6.33. The average molecular weight is 408 g/mol. The topological polar surface area (TPSA) is 94.3 Å². The quantitative estimate of drug-likeness (QED) is 0.646. The van der Waals surface area contributed by atoms with Gasteiger partial charge in [-0.05, 0) is 30.3 Å². The molecule has 0 aliphatic carbocycles. The van der Waals surface area contributed by atoms with E-state index in [0.717, 1.165) is 11.3 Å². The summed E-state index contributed by atoms with van der Waals surface area (Å²) in [4.78, 5) is 27.5. The van der Waals surface area contributed by atoms with Crippen LogP contribution in [-0.4, -0.2) is 16.8 Å². The van der Waals surface area contributed by atoms with Crippen LogP contribution in [0.1, 0.15) is 20.7 Å². The van der Waals surface area contributed by atoms with Crippen molar-refractivity contribution < 1.29 is 14.3 Å². The van der Waals surface area contributed by atoms with Gasteiger partial charge < -0.3 is 15.8 Å². The Labute approximate surface area is 162 Å². The molecule has 0 bridgehead atoms. The number of ether oxygens (including phenoxy) is 1. The molecule has 132 valence electrons. The first-order valence-corrected chi connectivity index (χ1v) is 8.79. The number of aromatic nitrogens is 1. The number of nitrogens with two attached hydrogens (primary N) is 1. The molecule has 26 heavy (non-hydrogen) atoms. The third-order valence-corrected chi connectivity index (χ3v) is 4.72. The zero-order valence-electron chi connectivity index (χ0n) is 13.0. The first-order chi connectivity index (χ1) is 12.4. The van der Waals surface area contributed by atoms with Gasteiger partial charge in [0.05, 0.1) is 21.8 Å². The zero-order chi connectivity index (χ0) is 18.7. The van der Waals surface area contributed by atoms with Crippen LogP contribution in [0.4, 0.5) is 5.69 Å². The molecule has 1 aromatic carbocycles. The summed E-state index contributed by atoms with van der Waals surface area (Å²) in [6.07, 6.45) is 1.44. The van der Waals surface area contributed by atoms with E-state index in [1.807, 2.05) is 0 Å². The summed E-state index contributed by atoms with van der Waals surface area (Å²) in [5.74, 6) is -0.219. The highest BCUT2D eigenvalue weighted by Crippen LogP contribution is 2.31. The highest BCUT2D eigenvalue weighted by atomic mass is 35.5. The van der Waals surface area contributed by atoms with Gasteiger partial charge in [-0.15, -0.1) is 11.3 Å². The molecule has 0 saturated carbocycles. The van der Waals surface area contributed by atoms with Gasteiger partial charge in [-0.2, -0.15) is 0 Å². The van der Waals surface area contributed by atoms with Crippen molar-refractivity contribution >= 4 is 52.0 Å². The van der Waals surface area contributed by atoms with Crippen molar-refractivity contribution in [1.82, 2.24) is 4.98 Å². The lowest BCUT2D eigenvalue weighted by Gasteiger charge is -2.07. The number of thiophene rings is 1. The van der Waals surface area contributed by atoms with E-state index >= 15 is 0 Å². The van der Waals surface area contributed by atoms with Gasteiger partial charge in [-0.3, -0.25) is 9.59 Å². The van der Waals surface area contributed by atoms with Gasteiger partial charge in [-0.25, -0.2) is 4.98 Å². The molecular formula is C17H11Cl2N3O3S. The van der Waals surface area contributed by atoms with Crippen molar-refractivity contribution in [2.24, 2.45) is 5.73 Å². The van der Waals surface area contributed by atoms with Gasteiger partial charge in [0.15, 0.2) is 0 Å². The van der Waals surface area contributed by atoms with Crippen LogP contribution in [0.25, 0.3) is 0 Å². The Bertz CT molecular complexity index is 974. The van der Waals surface area contributed by atoms with E-state index in [-0.39, 0.29) is 5.91 Å². The molecule has 0 radical (unpaired) electrons. The minimum absolute atomic E-state index is 0.293. The van der Waals surface area contributed by atoms with E-state index in [9.17, 15) is 9.59 Å². The largest absolute Gasteiger partial charge is 0.439 e. The predicted octanol–water partition coefficient (Wildman–Crippen LogP) is 4.59. The van der Waals surface area contributed by atoms with Crippen LogP contribution in [0, 0.1) is 0 Å². The van der Waals surface area contributed by atoms with Crippen LogP contribution in [0.15, 0.2) is 48.7 Å². The number of carbonyl (C=O) groups excluding carboxylic acids is 2. The summed E-state index contributed by atoms with van der Waals surface area (Å²) < 4.78 is 6.31. The van der Waals surface area contributed by atoms with Gasteiger partial charge in [0.1, 0.15) is 10.1 Å². The van der Waals surface area contributed by atoms with Gasteiger partial charge in [0.2, 0.25) is 11.8 Å². The third kappa shape index (κ3) is 4.32. The fourth-order valence-electron chi connectivity index (χ4n) is 2.04. The second kappa shape index (κ2) is 7.74. The second-order valence-electron chi connectivity index (χ2n) is 5.07. The number of halogens is 2. The first-order valence-electron chi connectivity index (χ1n) is 7.22. The Morgan fingerprint density at radius 2 is 1.96 bits per heavy atom. The molecule has 0 aliphatic rings. The van der Waals surface area contributed by atoms with Gasteiger partial charge in [0, 0.05) is 11.6 Å². The van der Waals surface area contributed by atoms with Gasteiger partial charge in [0.25, 0.3) is 5.91 Å². The minimum Gasteiger partial charge on any atom is -0.439 e. The van der Waals surface area contributed by atoms with Crippen molar-refractivity contribution in [3.8, 4) is 11.6 Å². The van der Waals surface area contributed by atoms with Crippen LogP contribution < -0.4 is 15.8 Å². The summed E-state index contributed by atoms with van der Waals surface area (Å²) in [6.45, 7) is 0. The molecule has 2 aromatic heterocycles. The molecule has 3 N–H and O–H groups in total. The number of hydrogen-bond acceptors (Lipinski definition) is 5. The molecular weight excluding hydrogens is 397 g/mol. The second-order valence-corrected chi connectivity index (χ2v) is 7.36. The van der Waals surface area contributed by atoms with Crippen LogP contribution in [0.2, 0.25) is 8.67 Å². The highest BCUT2D eigenvalue weighted by Gasteiger charge is 2.14. The monoisotopic (exact) mass is 407 g/mol. The number of carbonyl (C=O) groups is 2. The lowest BCUT2D eigenvalue weighted by molar-refractivity contribution is 0.0997. The molecule has 0 unspecified atom stereocenters. The first kappa shape index (κ1) is 18.2. The van der Waals surface area contributed by atoms with E-state index < -0.39 is 5.91 Å². The Morgan fingerprint density at radius 1 is 1.15 bits per heavy atom. The van der Waals surface area contributed by atoms with E-state index in [4.69, 9.17) is 33.7 Å². The molecule has 9 heteroatoms. The molecule has 0 atom stereocenters. The van der Waals surface area contributed by atoms with E-state index in [1.165, 1.54) is 18.3 Å². The minimum atomic E-state index is -0.548. The number of rotatable bonds is 5. The maximum absolute atomic E-state index is 12.2. The maximum atomic E-state index is 12.2. The Kier molecular flexibility index (Phi) is 5.41. The van der Waals surface area contributed by atoms with Crippen molar-refractivity contribution in [2.75, 3.05) is 5.32 Å². The summed E-state index contributed by atoms with van der Waals surface area (Å²) >= 11 is 12.9. The van der Waals surface area contributed by atoms with Crippen molar-refractivity contribution in [3.63, 3.8) is 0 Å². The zero-order valence-corrected chi connectivity index (χ0v) is 15.4. The number of nitrogens with one attached hydrogen (secondary N) is 1. The Morgan fingerprint density at radius 3 is 2.58 bits per heavy atom. The van der Waals surface area contributed by atoms with E-state index in [0.29, 0.717) is 37.1 Å². The Balaban J connectivity index is 1.69. The lowest BCUT2D eigenvalue weighted by Crippen LogP contribution is -2.11. The van der Waals surface area contributed by atoms with Gasteiger partial charge >= 0.3 is 0 Å². The number of hydrogen-bond donors (Lipinski definition) is 2. The highest BCUT2D eigenvalue weighted by molar-refractivity contribution is 7.20. The van der Waals surface area contributed by atoms with Crippen molar-refractivity contribution in [3.05, 3.63) is 68.5 Å². The van der Waals surface area contributed by atoms with Gasteiger partial charge in [-0.1, -0.05) is 29.3 Å². The fraction of sp³-hybridized carbons (Fsp3) is 0. The molecule has 3 rings (SSSR count). The van der Waals surface area contributed by atoms with Crippen LogP contribution >= 0.6 is 34.5 Å². The number of primary amides is 1. The molecule has 2 amide bonds. The van der Waals surface area contributed by atoms with Crippen LogP contribution in [0.5, 0.6) is 11.6 Å². The summed E-state index contributed by atoms with van der Waals surface area (Å²) in [6, 6.07) is 11.1.